The van der Waals surface area contributed by atoms with E-state index < -0.39 is 11.6 Å². The Bertz CT molecular complexity index is 800. The van der Waals surface area contributed by atoms with Crippen LogP contribution in [0.1, 0.15) is 5.56 Å². The SMILES string of the molecule is Cc1ccc(F)c(Nc2ccc(N)c3nonc23)c1F. The van der Waals surface area contributed by atoms with Gasteiger partial charge < -0.3 is 11.1 Å². The zero-order valence-corrected chi connectivity index (χ0v) is 10.4. The predicted molar refractivity (Wildman–Crippen MR) is 70.6 cm³/mol. The van der Waals surface area contributed by atoms with Gasteiger partial charge in [-0.25, -0.2) is 13.4 Å². The Balaban J connectivity index is 2.13. The number of hydrogen-bond donors (Lipinski definition) is 2. The fourth-order valence-electron chi connectivity index (χ4n) is 1.89. The molecule has 0 bridgehead atoms. The molecule has 102 valence electrons. The quantitative estimate of drug-likeness (QED) is 0.703. The lowest BCUT2D eigenvalue weighted by Crippen LogP contribution is -2.00. The minimum absolute atomic E-state index is 0.251. The van der Waals surface area contributed by atoms with Gasteiger partial charge in [0.05, 0.1) is 11.4 Å². The third-order valence-corrected chi connectivity index (χ3v) is 2.99. The van der Waals surface area contributed by atoms with Gasteiger partial charge >= 0.3 is 0 Å². The van der Waals surface area contributed by atoms with E-state index in [1.54, 1.807) is 19.1 Å². The van der Waals surface area contributed by atoms with Crippen LogP contribution >= 0.6 is 0 Å². The van der Waals surface area contributed by atoms with E-state index in [0.29, 0.717) is 28.0 Å². The number of nitrogens with one attached hydrogen (secondary N) is 1. The molecule has 0 aliphatic heterocycles. The molecule has 7 heteroatoms. The van der Waals surface area contributed by atoms with Gasteiger partial charge in [0.1, 0.15) is 11.5 Å². The molecule has 3 N–H and O–H groups in total. The second-order valence-electron chi connectivity index (χ2n) is 4.34. The van der Waals surface area contributed by atoms with Gasteiger partial charge in [-0.3, -0.25) is 0 Å². The summed E-state index contributed by atoms with van der Waals surface area (Å²) in [4.78, 5) is 0. The van der Waals surface area contributed by atoms with Gasteiger partial charge in [-0.2, -0.15) is 0 Å². The summed E-state index contributed by atoms with van der Waals surface area (Å²) >= 11 is 0. The molecule has 3 aromatic rings. The van der Waals surface area contributed by atoms with Crippen molar-refractivity contribution in [2.24, 2.45) is 0 Å². The van der Waals surface area contributed by atoms with Crippen LogP contribution in [0.2, 0.25) is 0 Å². The van der Waals surface area contributed by atoms with Gasteiger partial charge in [0.2, 0.25) is 0 Å². The highest BCUT2D eigenvalue weighted by atomic mass is 19.1. The fraction of sp³-hybridized carbons (Fsp3) is 0.0769. The minimum atomic E-state index is -0.700. The number of anilines is 3. The number of aromatic nitrogens is 2. The number of rotatable bonds is 2. The van der Waals surface area contributed by atoms with E-state index in [1.807, 2.05) is 0 Å². The normalized spacial score (nSPS) is 10.9. The maximum Gasteiger partial charge on any atom is 0.160 e. The lowest BCUT2D eigenvalue weighted by atomic mass is 10.1. The number of nitrogens with two attached hydrogens (primary N) is 1. The van der Waals surface area contributed by atoms with E-state index in [-0.39, 0.29) is 5.69 Å². The lowest BCUT2D eigenvalue weighted by molar-refractivity contribution is 0.316. The molecule has 0 aliphatic carbocycles. The van der Waals surface area contributed by atoms with Crippen molar-refractivity contribution in [3.63, 3.8) is 0 Å². The maximum atomic E-state index is 14.0. The van der Waals surface area contributed by atoms with Gasteiger partial charge in [0.25, 0.3) is 0 Å². The van der Waals surface area contributed by atoms with Gasteiger partial charge in [0, 0.05) is 0 Å². The summed E-state index contributed by atoms with van der Waals surface area (Å²) in [6, 6.07) is 5.67. The minimum Gasteiger partial charge on any atom is -0.397 e. The van der Waals surface area contributed by atoms with Crippen molar-refractivity contribution in [2.75, 3.05) is 11.1 Å². The molecule has 1 aromatic heterocycles. The van der Waals surface area contributed by atoms with Gasteiger partial charge in [-0.15, -0.1) is 0 Å². The molecule has 20 heavy (non-hydrogen) atoms. The summed E-state index contributed by atoms with van der Waals surface area (Å²) in [7, 11) is 0. The van der Waals surface area contributed by atoms with Gasteiger partial charge in [0.15, 0.2) is 16.9 Å². The molecule has 5 nitrogen and oxygen atoms in total. The lowest BCUT2D eigenvalue weighted by Gasteiger charge is -2.10. The van der Waals surface area contributed by atoms with Gasteiger partial charge in [-0.1, -0.05) is 6.07 Å². The Morgan fingerprint density at radius 1 is 1.10 bits per heavy atom. The first-order valence-corrected chi connectivity index (χ1v) is 5.80. The molecule has 0 saturated carbocycles. The molecule has 0 fully saturated rings. The average molecular weight is 276 g/mol. The van der Waals surface area contributed by atoms with Crippen molar-refractivity contribution in [1.82, 2.24) is 10.3 Å². The fourth-order valence-corrected chi connectivity index (χ4v) is 1.89. The molecule has 2 aromatic carbocycles. The Morgan fingerprint density at radius 3 is 2.65 bits per heavy atom. The number of fused-ring (bicyclic) bond motifs is 1. The van der Waals surface area contributed by atoms with Crippen LogP contribution in [-0.2, 0) is 0 Å². The third kappa shape index (κ3) is 1.83. The second kappa shape index (κ2) is 4.44. The summed E-state index contributed by atoms with van der Waals surface area (Å²) in [5.41, 5.74) is 7.17. The molecule has 1 heterocycles. The highest BCUT2D eigenvalue weighted by Crippen LogP contribution is 2.30. The van der Waals surface area contributed by atoms with Crippen LogP contribution in [-0.4, -0.2) is 10.3 Å². The van der Waals surface area contributed by atoms with Crippen LogP contribution in [0.15, 0.2) is 28.9 Å². The van der Waals surface area contributed by atoms with Crippen molar-refractivity contribution >= 4 is 28.1 Å². The molecule has 0 spiro atoms. The first-order valence-electron chi connectivity index (χ1n) is 5.80. The summed E-state index contributed by atoms with van der Waals surface area (Å²) in [5.74, 6) is -1.36. The van der Waals surface area contributed by atoms with Crippen LogP contribution in [0.4, 0.5) is 25.8 Å². The zero-order valence-electron chi connectivity index (χ0n) is 10.4. The van der Waals surface area contributed by atoms with E-state index in [0.717, 1.165) is 0 Å². The first-order chi connectivity index (χ1) is 9.58. The van der Waals surface area contributed by atoms with Crippen molar-refractivity contribution in [3.05, 3.63) is 41.5 Å². The molecular formula is C13H10F2N4O. The standard InChI is InChI=1S/C13H10F2N4O/c1-6-2-3-7(14)11(10(6)15)17-9-5-4-8(16)12-13(9)19-20-18-12/h2-5,17H,16H2,1H3. The average Bonchev–Trinajstić information content (AvgIpc) is 2.92. The summed E-state index contributed by atoms with van der Waals surface area (Å²) in [6.45, 7) is 1.55. The number of halogens is 2. The number of hydrogen-bond acceptors (Lipinski definition) is 5. The molecule has 0 radical (unpaired) electrons. The molecule has 0 saturated heterocycles. The van der Waals surface area contributed by atoms with E-state index >= 15 is 0 Å². The van der Waals surface area contributed by atoms with Crippen molar-refractivity contribution in [3.8, 4) is 0 Å². The second-order valence-corrected chi connectivity index (χ2v) is 4.34. The van der Waals surface area contributed by atoms with Crippen LogP contribution in [0.25, 0.3) is 11.0 Å². The number of benzene rings is 2. The van der Waals surface area contributed by atoms with Crippen LogP contribution in [0.5, 0.6) is 0 Å². The number of nitrogens with zero attached hydrogens (tertiary/aromatic N) is 2. The molecule has 0 amide bonds. The molecule has 0 atom stereocenters. The molecule has 0 aliphatic rings. The predicted octanol–water partition coefficient (Wildman–Crippen LogP) is 3.14. The highest BCUT2D eigenvalue weighted by molar-refractivity contribution is 5.96. The summed E-state index contributed by atoms with van der Waals surface area (Å²) in [6.07, 6.45) is 0. The van der Waals surface area contributed by atoms with E-state index in [1.165, 1.54) is 12.1 Å². The molecule has 0 unspecified atom stereocenters. The first kappa shape index (κ1) is 12.3. The Morgan fingerprint density at radius 2 is 1.85 bits per heavy atom. The summed E-state index contributed by atoms with van der Waals surface area (Å²) < 4.78 is 32.3. The Hall–Kier alpha value is -2.70. The zero-order chi connectivity index (χ0) is 14.3. The van der Waals surface area contributed by atoms with E-state index in [2.05, 4.69) is 20.3 Å². The monoisotopic (exact) mass is 276 g/mol. The van der Waals surface area contributed by atoms with E-state index in [4.69, 9.17) is 5.73 Å². The number of aryl methyl sites for hydroxylation is 1. The van der Waals surface area contributed by atoms with Crippen molar-refractivity contribution < 1.29 is 13.4 Å². The van der Waals surface area contributed by atoms with Crippen LogP contribution < -0.4 is 11.1 Å². The van der Waals surface area contributed by atoms with Crippen LogP contribution in [0, 0.1) is 18.6 Å². The van der Waals surface area contributed by atoms with Crippen LogP contribution in [0.3, 0.4) is 0 Å². The maximum absolute atomic E-state index is 14.0. The largest absolute Gasteiger partial charge is 0.397 e. The third-order valence-electron chi connectivity index (χ3n) is 2.99. The Labute approximate surface area is 112 Å². The number of nitrogen functional groups attached to an aromatic ring is 1. The summed E-state index contributed by atoms with van der Waals surface area (Å²) in [5, 5.41) is 10.00. The molecule has 3 rings (SSSR count). The van der Waals surface area contributed by atoms with E-state index in [9.17, 15) is 8.78 Å². The highest BCUT2D eigenvalue weighted by Gasteiger charge is 2.15. The van der Waals surface area contributed by atoms with Crippen molar-refractivity contribution in [1.29, 1.82) is 0 Å². The van der Waals surface area contributed by atoms with Gasteiger partial charge in [-0.05, 0) is 41.0 Å². The van der Waals surface area contributed by atoms with Crippen molar-refractivity contribution in [2.45, 2.75) is 6.92 Å². The smallest absolute Gasteiger partial charge is 0.160 e. The molecular weight excluding hydrogens is 266 g/mol. The Kier molecular flexibility index (Phi) is 2.74. The topological polar surface area (TPSA) is 77.0 Å².